The number of hydrogen-bond donors (Lipinski definition) is 1. The zero-order chi connectivity index (χ0) is 11.5. The predicted molar refractivity (Wildman–Crippen MR) is 71.2 cm³/mol. The second-order valence-corrected chi connectivity index (χ2v) is 5.24. The van der Waals surface area contributed by atoms with Crippen LogP contribution in [0.1, 0.15) is 38.2 Å². The van der Waals surface area contributed by atoms with E-state index in [1.807, 2.05) is 6.07 Å². The topological polar surface area (TPSA) is 12.0 Å². The minimum atomic E-state index is 0.615. The Hall–Kier alpha value is -0.690. The molecule has 2 unspecified atom stereocenters. The van der Waals surface area contributed by atoms with Crippen molar-refractivity contribution in [3.05, 3.63) is 28.8 Å². The molecule has 1 aliphatic carbocycles. The van der Waals surface area contributed by atoms with Crippen molar-refractivity contribution >= 4 is 17.3 Å². The van der Waals surface area contributed by atoms with E-state index < -0.39 is 0 Å². The van der Waals surface area contributed by atoms with Gasteiger partial charge in [-0.1, -0.05) is 37.4 Å². The van der Waals surface area contributed by atoms with Gasteiger partial charge in [0, 0.05) is 6.04 Å². The first-order chi connectivity index (χ1) is 7.70. The molecule has 1 aromatic rings. The number of halogens is 1. The van der Waals surface area contributed by atoms with Crippen LogP contribution < -0.4 is 5.32 Å². The number of aryl methyl sites for hydroxylation is 1. The van der Waals surface area contributed by atoms with Crippen LogP contribution >= 0.6 is 11.6 Å². The molecule has 1 aromatic carbocycles. The molecule has 88 valence electrons. The Kier molecular flexibility index (Phi) is 3.75. The first kappa shape index (κ1) is 11.8. The summed E-state index contributed by atoms with van der Waals surface area (Å²) in [5.74, 6) is 0.816. The average molecular weight is 238 g/mol. The number of rotatable bonds is 3. The van der Waals surface area contributed by atoms with Crippen molar-refractivity contribution in [2.75, 3.05) is 5.32 Å². The lowest BCUT2D eigenvalue weighted by Crippen LogP contribution is -2.23. The van der Waals surface area contributed by atoms with Crippen LogP contribution in [0.25, 0.3) is 0 Å². The van der Waals surface area contributed by atoms with Crippen molar-refractivity contribution in [2.45, 2.75) is 45.6 Å². The van der Waals surface area contributed by atoms with Gasteiger partial charge in [-0.25, -0.2) is 0 Å². The van der Waals surface area contributed by atoms with E-state index in [-0.39, 0.29) is 0 Å². The Labute approximate surface area is 103 Å². The van der Waals surface area contributed by atoms with Gasteiger partial charge in [-0.05, 0) is 43.4 Å². The molecule has 2 atom stereocenters. The largest absolute Gasteiger partial charge is 0.381 e. The van der Waals surface area contributed by atoms with Crippen LogP contribution in [-0.4, -0.2) is 6.04 Å². The fourth-order valence-electron chi connectivity index (χ4n) is 2.66. The summed E-state index contributed by atoms with van der Waals surface area (Å²) in [7, 11) is 0. The molecule has 1 fully saturated rings. The fourth-order valence-corrected chi connectivity index (χ4v) is 2.84. The molecule has 1 aliphatic rings. The molecule has 16 heavy (non-hydrogen) atoms. The maximum Gasteiger partial charge on any atom is 0.0637 e. The zero-order valence-electron chi connectivity index (χ0n) is 10.1. The van der Waals surface area contributed by atoms with Crippen molar-refractivity contribution < 1.29 is 0 Å². The van der Waals surface area contributed by atoms with E-state index >= 15 is 0 Å². The monoisotopic (exact) mass is 237 g/mol. The van der Waals surface area contributed by atoms with Gasteiger partial charge < -0.3 is 5.32 Å². The third-order valence-electron chi connectivity index (χ3n) is 3.65. The van der Waals surface area contributed by atoms with E-state index in [9.17, 15) is 0 Å². The lowest BCUT2D eigenvalue weighted by molar-refractivity contribution is 0.489. The Morgan fingerprint density at radius 2 is 2.19 bits per heavy atom. The van der Waals surface area contributed by atoms with Crippen LogP contribution in [0.4, 0.5) is 5.69 Å². The van der Waals surface area contributed by atoms with Gasteiger partial charge >= 0.3 is 0 Å². The summed E-state index contributed by atoms with van der Waals surface area (Å²) in [5, 5.41) is 4.46. The normalized spacial score (nSPS) is 24.7. The van der Waals surface area contributed by atoms with Crippen LogP contribution in [-0.2, 0) is 0 Å². The lowest BCUT2D eigenvalue weighted by Gasteiger charge is -2.21. The standard InChI is InChI=1S/C14H20ClN/c1-3-11-5-4-6-13(11)16-14-9-10(2)7-8-12(14)15/h7-9,11,13,16H,3-6H2,1-2H3. The molecule has 0 spiro atoms. The summed E-state index contributed by atoms with van der Waals surface area (Å²) in [6.45, 7) is 4.38. The SMILES string of the molecule is CCC1CCCC1Nc1cc(C)ccc1Cl. The highest BCUT2D eigenvalue weighted by Crippen LogP contribution is 2.33. The highest BCUT2D eigenvalue weighted by atomic mass is 35.5. The van der Waals surface area contributed by atoms with Crippen molar-refractivity contribution in [1.29, 1.82) is 0 Å². The molecule has 0 bridgehead atoms. The molecule has 1 nitrogen and oxygen atoms in total. The van der Waals surface area contributed by atoms with Crippen molar-refractivity contribution in [1.82, 2.24) is 0 Å². The highest BCUT2D eigenvalue weighted by molar-refractivity contribution is 6.33. The second kappa shape index (κ2) is 5.09. The maximum atomic E-state index is 6.20. The van der Waals surface area contributed by atoms with Crippen LogP contribution in [0.3, 0.4) is 0 Å². The maximum absolute atomic E-state index is 6.20. The molecule has 0 aromatic heterocycles. The third-order valence-corrected chi connectivity index (χ3v) is 3.98. The van der Waals surface area contributed by atoms with E-state index in [0.717, 1.165) is 16.6 Å². The summed E-state index contributed by atoms with van der Waals surface area (Å²) in [4.78, 5) is 0. The minimum Gasteiger partial charge on any atom is -0.381 e. The fraction of sp³-hybridized carbons (Fsp3) is 0.571. The number of anilines is 1. The quantitative estimate of drug-likeness (QED) is 0.808. The van der Waals surface area contributed by atoms with E-state index in [2.05, 4.69) is 31.3 Å². The highest BCUT2D eigenvalue weighted by Gasteiger charge is 2.25. The molecule has 2 heteroatoms. The van der Waals surface area contributed by atoms with Crippen molar-refractivity contribution in [3.63, 3.8) is 0 Å². The molecule has 1 saturated carbocycles. The van der Waals surface area contributed by atoms with Crippen LogP contribution in [0.2, 0.25) is 5.02 Å². The molecule has 0 amide bonds. The van der Waals surface area contributed by atoms with Crippen molar-refractivity contribution in [3.8, 4) is 0 Å². The van der Waals surface area contributed by atoms with Crippen LogP contribution in [0.15, 0.2) is 18.2 Å². The number of nitrogens with one attached hydrogen (secondary N) is 1. The molecule has 0 heterocycles. The molecular formula is C14H20ClN. The number of benzene rings is 1. The van der Waals surface area contributed by atoms with Gasteiger partial charge in [-0.15, -0.1) is 0 Å². The Morgan fingerprint density at radius 3 is 2.94 bits per heavy atom. The second-order valence-electron chi connectivity index (χ2n) is 4.83. The van der Waals surface area contributed by atoms with Gasteiger partial charge in [0.05, 0.1) is 10.7 Å². The molecule has 2 rings (SSSR count). The molecule has 0 radical (unpaired) electrons. The van der Waals surface area contributed by atoms with Gasteiger partial charge in [0.1, 0.15) is 0 Å². The minimum absolute atomic E-state index is 0.615. The van der Waals surface area contributed by atoms with Gasteiger partial charge in [0.25, 0.3) is 0 Å². The average Bonchev–Trinajstić information content (AvgIpc) is 2.71. The summed E-state index contributed by atoms with van der Waals surface area (Å²) >= 11 is 6.20. The molecular weight excluding hydrogens is 218 g/mol. The van der Waals surface area contributed by atoms with E-state index in [1.165, 1.54) is 31.2 Å². The lowest BCUT2D eigenvalue weighted by atomic mass is 10.0. The Balaban J connectivity index is 2.11. The molecule has 1 N–H and O–H groups in total. The molecule has 0 aliphatic heterocycles. The Morgan fingerprint density at radius 1 is 1.38 bits per heavy atom. The van der Waals surface area contributed by atoms with Gasteiger partial charge in [-0.3, -0.25) is 0 Å². The summed E-state index contributed by atoms with van der Waals surface area (Å²) in [6, 6.07) is 6.80. The van der Waals surface area contributed by atoms with Crippen molar-refractivity contribution in [2.24, 2.45) is 5.92 Å². The van der Waals surface area contributed by atoms with E-state index in [1.54, 1.807) is 0 Å². The third kappa shape index (κ3) is 2.52. The zero-order valence-corrected chi connectivity index (χ0v) is 10.8. The first-order valence-corrected chi connectivity index (χ1v) is 6.61. The first-order valence-electron chi connectivity index (χ1n) is 6.23. The van der Waals surface area contributed by atoms with Gasteiger partial charge in [0.15, 0.2) is 0 Å². The molecule has 0 saturated heterocycles. The van der Waals surface area contributed by atoms with Crippen LogP contribution in [0, 0.1) is 12.8 Å². The van der Waals surface area contributed by atoms with E-state index in [4.69, 9.17) is 11.6 Å². The number of hydrogen-bond acceptors (Lipinski definition) is 1. The van der Waals surface area contributed by atoms with Gasteiger partial charge in [-0.2, -0.15) is 0 Å². The summed E-state index contributed by atoms with van der Waals surface area (Å²) in [6.07, 6.45) is 5.25. The summed E-state index contributed by atoms with van der Waals surface area (Å²) < 4.78 is 0. The smallest absolute Gasteiger partial charge is 0.0637 e. The Bertz CT molecular complexity index is 362. The predicted octanol–water partition coefficient (Wildman–Crippen LogP) is 4.64. The van der Waals surface area contributed by atoms with Gasteiger partial charge in [0.2, 0.25) is 0 Å². The van der Waals surface area contributed by atoms with E-state index in [0.29, 0.717) is 6.04 Å². The van der Waals surface area contributed by atoms with Crippen LogP contribution in [0.5, 0.6) is 0 Å². The summed E-state index contributed by atoms with van der Waals surface area (Å²) in [5.41, 5.74) is 2.37.